The molecule has 1 aromatic carbocycles. The first-order chi connectivity index (χ1) is 8.40. The largest absolute Gasteiger partial charge is 0.378 e. The number of benzene rings is 1. The van der Waals surface area contributed by atoms with E-state index in [0.717, 1.165) is 11.4 Å². The maximum Gasteiger partial charge on any atom is 0.241 e. The third-order valence-corrected chi connectivity index (χ3v) is 2.69. The second kappa shape index (κ2) is 6.40. The van der Waals surface area contributed by atoms with Gasteiger partial charge in [0, 0.05) is 25.5 Å². The first kappa shape index (κ1) is 14.5. The van der Waals surface area contributed by atoms with E-state index in [1.165, 1.54) is 0 Å². The van der Waals surface area contributed by atoms with Crippen LogP contribution >= 0.6 is 0 Å². The lowest BCUT2D eigenvalue weighted by Gasteiger charge is -2.16. The maximum atomic E-state index is 11.9. The van der Waals surface area contributed by atoms with Crippen molar-refractivity contribution in [2.75, 3.05) is 24.3 Å². The van der Waals surface area contributed by atoms with Crippen molar-refractivity contribution in [3.63, 3.8) is 0 Å². The monoisotopic (exact) mass is 249 g/mol. The minimum Gasteiger partial charge on any atom is -0.378 e. The Labute approximate surface area is 109 Å². The van der Waals surface area contributed by atoms with Gasteiger partial charge in [-0.2, -0.15) is 0 Å². The van der Waals surface area contributed by atoms with Crippen molar-refractivity contribution in [2.24, 2.45) is 11.7 Å². The minimum atomic E-state index is -0.451. The van der Waals surface area contributed by atoms with Gasteiger partial charge in [0.15, 0.2) is 0 Å². The smallest absolute Gasteiger partial charge is 0.241 e. The van der Waals surface area contributed by atoms with Gasteiger partial charge in [-0.15, -0.1) is 0 Å². The maximum absolute atomic E-state index is 11.9. The summed E-state index contributed by atoms with van der Waals surface area (Å²) in [6.07, 6.45) is 0.694. The average Bonchev–Trinajstić information content (AvgIpc) is 2.28. The van der Waals surface area contributed by atoms with E-state index in [1.807, 2.05) is 43.3 Å². The number of nitrogens with two attached hydrogens (primary N) is 1. The van der Waals surface area contributed by atoms with E-state index in [1.54, 1.807) is 0 Å². The van der Waals surface area contributed by atoms with Crippen molar-refractivity contribution in [1.82, 2.24) is 0 Å². The highest BCUT2D eigenvalue weighted by atomic mass is 16.2. The fraction of sp³-hybridized carbons (Fsp3) is 0.500. The van der Waals surface area contributed by atoms with Gasteiger partial charge in [0.2, 0.25) is 5.91 Å². The summed E-state index contributed by atoms with van der Waals surface area (Å²) in [6.45, 7) is 4.11. The predicted molar refractivity (Wildman–Crippen MR) is 76.8 cm³/mol. The zero-order valence-corrected chi connectivity index (χ0v) is 11.6. The molecule has 1 atom stereocenters. The Morgan fingerprint density at radius 3 is 2.61 bits per heavy atom. The Hall–Kier alpha value is -1.55. The number of anilines is 2. The Balaban J connectivity index is 2.67. The van der Waals surface area contributed by atoms with Crippen LogP contribution in [0.25, 0.3) is 0 Å². The molecule has 0 fully saturated rings. The third kappa shape index (κ3) is 4.37. The van der Waals surface area contributed by atoms with Gasteiger partial charge in [-0.25, -0.2) is 0 Å². The quantitative estimate of drug-likeness (QED) is 0.840. The van der Waals surface area contributed by atoms with Crippen molar-refractivity contribution >= 4 is 17.3 Å². The molecule has 0 heterocycles. The van der Waals surface area contributed by atoms with Crippen molar-refractivity contribution < 1.29 is 4.79 Å². The minimum absolute atomic E-state index is 0.125. The molecule has 0 bridgehead atoms. The Bertz CT molecular complexity index is 402. The van der Waals surface area contributed by atoms with E-state index in [9.17, 15) is 4.79 Å². The van der Waals surface area contributed by atoms with E-state index < -0.39 is 6.04 Å². The average molecular weight is 249 g/mol. The number of rotatable bonds is 5. The highest BCUT2D eigenvalue weighted by molar-refractivity contribution is 5.95. The van der Waals surface area contributed by atoms with Crippen LogP contribution in [0.15, 0.2) is 24.3 Å². The van der Waals surface area contributed by atoms with Gasteiger partial charge in [0.25, 0.3) is 0 Å². The van der Waals surface area contributed by atoms with Crippen LogP contribution in [-0.4, -0.2) is 26.0 Å². The normalized spacial score (nSPS) is 12.3. The van der Waals surface area contributed by atoms with E-state index in [4.69, 9.17) is 5.73 Å². The first-order valence-corrected chi connectivity index (χ1v) is 6.24. The molecular formula is C14H23N3O. The van der Waals surface area contributed by atoms with Gasteiger partial charge in [-0.3, -0.25) is 4.79 Å². The summed E-state index contributed by atoms with van der Waals surface area (Å²) < 4.78 is 0. The predicted octanol–water partition coefficient (Wildman–Crippen LogP) is 2.06. The molecule has 0 unspecified atom stereocenters. The number of amides is 1. The lowest BCUT2D eigenvalue weighted by Crippen LogP contribution is -2.36. The summed E-state index contributed by atoms with van der Waals surface area (Å²) in [6, 6.07) is 7.25. The summed E-state index contributed by atoms with van der Waals surface area (Å²) in [5, 5.41) is 2.85. The molecule has 0 saturated carbocycles. The standard InChI is InChI=1S/C14H23N3O/c1-10(2)8-13(15)14(18)16-11-6-5-7-12(9-11)17(3)4/h5-7,9-10,13H,8,15H2,1-4H3,(H,16,18)/t13-/m1/s1. The highest BCUT2D eigenvalue weighted by Gasteiger charge is 2.15. The molecule has 1 amide bonds. The fourth-order valence-electron chi connectivity index (χ4n) is 1.71. The number of nitrogens with one attached hydrogen (secondary N) is 1. The van der Waals surface area contributed by atoms with Crippen molar-refractivity contribution in [2.45, 2.75) is 26.3 Å². The first-order valence-electron chi connectivity index (χ1n) is 6.24. The van der Waals surface area contributed by atoms with Crippen LogP contribution in [0.2, 0.25) is 0 Å². The summed E-state index contributed by atoms with van der Waals surface area (Å²) in [4.78, 5) is 13.9. The molecule has 3 N–H and O–H groups in total. The van der Waals surface area contributed by atoms with Crippen LogP contribution < -0.4 is 16.0 Å². The molecule has 0 spiro atoms. The zero-order valence-electron chi connectivity index (χ0n) is 11.6. The summed E-state index contributed by atoms with van der Waals surface area (Å²) in [7, 11) is 3.93. The lowest BCUT2D eigenvalue weighted by atomic mass is 10.0. The van der Waals surface area contributed by atoms with Gasteiger partial charge in [-0.05, 0) is 30.5 Å². The van der Waals surface area contributed by atoms with Crippen molar-refractivity contribution in [1.29, 1.82) is 0 Å². The zero-order chi connectivity index (χ0) is 13.7. The van der Waals surface area contributed by atoms with Crippen LogP contribution in [0.5, 0.6) is 0 Å². The lowest BCUT2D eigenvalue weighted by molar-refractivity contribution is -0.117. The molecule has 18 heavy (non-hydrogen) atoms. The number of carbonyl (C=O) groups excluding carboxylic acids is 1. The Morgan fingerprint density at radius 1 is 1.39 bits per heavy atom. The topological polar surface area (TPSA) is 58.4 Å². The molecule has 0 aliphatic rings. The molecule has 1 aromatic rings. The third-order valence-electron chi connectivity index (χ3n) is 2.69. The van der Waals surface area contributed by atoms with Gasteiger partial charge < -0.3 is 16.0 Å². The van der Waals surface area contributed by atoms with E-state index in [0.29, 0.717) is 12.3 Å². The highest BCUT2D eigenvalue weighted by Crippen LogP contribution is 2.17. The van der Waals surface area contributed by atoms with Crippen LogP contribution in [0, 0.1) is 5.92 Å². The van der Waals surface area contributed by atoms with Gasteiger partial charge in [-0.1, -0.05) is 19.9 Å². The molecule has 0 aromatic heterocycles. The Morgan fingerprint density at radius 2 is 2.06 bits per heavy atom. The molecule has 0 saturated heterocycles. The molecule has 0 aliphatic carbocycles. The SMILES string of the molecule is CC(C)C[C@@H](N)C(=O)Nc1cccc(N(C)C)c1. The molecular weight excluding hydrogens is 226 g/mol. The van der Waals surface area contributed by atoms with Crippen LogP contribution in [0.1, 0.15) is 20.3 Å². The summed E-state index contributed by atoms with van der Waals surface area (Å²) in [5.41, 5.74) is 7.67. The number of hydrogen-bond acceptors (Lipinski definition) is 3. The van der Waals surface area contributed by atoms with Gasteiger partial charge in [0.05, 0.1) is 6.04 Å². The molecule has 100 valence electrons. The van der Waals surface area contributed by atoms with E-state index >= 15 is 0 Å². The van der Waals surface area contributed by atoms with Crippen LogP contribution in [-0.2, 0) is 4.79 Å². The molecule has 4 nitrogen and oxygen atoms in total. The number of hydrogen-bond donors (Lipinski definition) is 2. The molecule has 4 heteroatoms. The summed E-state index contributed by atoms with van der Waals surface area (Å²) in [5.74, 6) is 0.290. The second-order valence-corrected chi connectivity index (χ2v) is 5.17. The number of carbonyl (C=O) groups is 1. The summed E-state index contributed by atoms with van der Waals surface area (Å²) >= 11 is 0. The number of nitrogens with zero attached hydrogens (tertiary/aromatic N) is 1. The molecule has 1 rings (SSSR count). The van der Waals surface area contributed by atoms with Gasteiger partial charge in [0.1, 0.15) is 0 Å². The Kier molecular flexibility index (Phi) is 5.16. The van der Waals surface area contributed by atoms with Crippen molar-refractivity contribution in [3.05, 3.63) is 24.3 Å². The second-order valence-electron chi connectivity index (χ2n) is 5.17. The van der Waals surface area contributed by atoms with Crippen molar-refractivity contribution in [3.8, 4) is 0 Å². The fourth-order valence-corrected chi connectivity index (χ4v) is 1.71. The van der Waals surface area contributed by atoms with E-state index in [-0.39, 0.29) is 5.91 Å². The molecule has 0 radical (unpaired) electrons. The van der Waals surface area contributed by atoms with Crippen LogP contribution in [0.4, 0.5) is 11.4 Å². The van der Waals surface area contributed by atoms with Crippen LogP contribution in [0.3, 0.4) is 0 Å². The van der Waals surface area contributed by atoms with Gasteiger partial charge >= 0.3 is 0 Å². The van der Waals surface area contributed by atoms with E-state index in [2.05, 4.69) is 19.2 Å². The molecule has 0 aliphatic heterocycles.